The number of anilines is 1. The third-order valence-electron chi connectivity index (χ3n) is 8.64. The molecule has 2 fully saturated rings. The number of benzene rings is 1. The molecule has 41 heavy (non-hydrogen) atoms. The first-order valence-corrected chi connectivity index (χ1v) is 14.7. The number of unbranched alkanes of at least 4 members (excludes halogenated alkanes) is 2. The number of hydrogen-bond donors (Lipinski definition) is 2. The molecule has 0 spiro atoms. The van der Waals surface area contributed by atoms with Crippen molar-refractivity contribution in [2.45, 2.75) is 69.8 Å². The van der Waals surface area contributed by atoms with Crippen molar-refractivity contribution in [3.05, 3.63) is 52.5 Å². The Hall–Kier alpha value is -3.14. The number of aliphatic carboxylic acids is 1. The van der Waals surface area contributed by atoms with Crippen LogP contribution < -0.4 is 10.1 Å². The van der Waals surface area contributed by atoms with Gasteiger partial charge >= 0.3 is 5.97 Å². The number of ether oxygens (including phenoxy) is 1. The summed E-state index contributed by atoms with van der Waals surface area (Å²) in [5, 5.41) is 13.5. The Kier molecular flexibility index (Phi) is 8.87. The quantitative estimate of drug-likeness (QED) is 0.261. The molecule has 0 amide bonds. The Bertz CT molecular complexity index is 1310. The maximum Gasteiger partial charge on any atom is 0.325 e. The molecular formula is C31H40F3N4O3+. The number of methoxy groups -OCH3 is 1. The predicted octanol–water partition coefficient (Wildman–Crippen LogP) is 5.42. The lowest BCUT2D eigenvalue weighted by molar-refractivity contribution is -0.499. The zero-order chi connectivity index (χ0) is 29.1. The average Bonchev–Trinajstić information content (AvgIpc) is 3.71. The van der Waals surface area contributed by atoms with Gasteiger partial charge in [0.25, 0.3) is 5.92 Å². The molecule has 10 heteroatoms. The minimum absolute atomic E-state index is 0.0646. The van der Waals surface area contributed by atoms with Gasteiger partial charge in [-0.25, -0.2) is 22.7 Å². The summed E-state index contributed by atoms with van der Waals surface area (Å²) < 4.78 is 52.1. The van der Waals surface area contributed by atoms with Gasteiger partial charge in [-0.2, -0.15) is 0 Å². The number of hydrogen-bond acceptors (Lipinski definition) is 5. The summed E-state index contributed by atoms with van der Waals surface area (Å²) in [5.41, 5.74) is 2.93. The number of fused-ring (bicyclic) bond motifs is 1. The molecule has 2 N–H and O–H groups in total. The molecule has 3 heterocycles. The van der Waals surface area contributed by atoms with E-state index in [-0.39, 0.29) is 11.3 Å². The number of carboxylic acids is 1. The molecule has 0 bridgehead atoms. The lowest BCUT2D eigenvalue weighted by Crippen LogP contribution is -2.34. The molecule has 5 rings (SSSR count). The molecule has 1 aromatic heterocycles. The molecule has 2 aromatic rings. The zero-order valence-electron chi connectivity index (χ0n) is 23.9. The first-order chi connectivity index (χ1) is 19.7. The summed E-state index contributed by atoms with van der Waals surface area (Å²) in [4.78, 5) is 18.9. The van der Waals surface area contributed by atoms with Crippen molar-refractivity contribution in [3.8, 4) is 5.75 Å². The van der Waals surface area contributed by atoms with E-state index in [2.05, 4.69) is 22.0 Å². The number of pyridine rings is 1. The van der Waals surface area contributed by atoms with Gasteiger partial charge in [-0.05, 0) is 68.7 Å². The first kappa shape index (κ1) is 29.4. The molecule has 1 saturated carbocycles. The van der Waals surface area contributed by atoms with E-state index < -0.39 is 35.2 Å². The van der Waals surface area contributed by atoms with Gasteiger partial charge in [0, 0.05) is 48.7 Å². The highest BCUT2D eigenvalue weighted by molar-refractivity contribution is 5.86. The highest BCUT2D eigenvalue weighted by Crippen LogP contribution is 2.51. The van der Waals surface area contributed by atoms with Gasteiger partial charge in [0.1, 0.15) is 25.5 Å². The van der Waals surface area contributed by atoms with E-state index in [0.717, 1.165) is 81.0 Å². The van der Waals surface area contributed by atoms with Crippen molar-refractivity contribution in [1.29, 1.82) is 0 Å². The number of alkyl halides is 2. The van der Waals surface area contributed by atoms with Crippen molar-refractivity contribution in [2.24, 2.45) is 5.92 Å². The van der Waals surface area contributed by atoms with E-state index >= 15 is 0 Å². The molecule has 3 aliphatic rings. The minimum Gasteiger partial charge on any atom is -0.493 e. The van der Waals surface area contributed by atoms with Crippen molar-refractivity contribution >= 4 is 17.5 Å². The molecule has 0 radical (unpaired) electrons. The molecule has 2 aliphatic heterocycles. The second-order valence-corrected chi connectivity index (χ2v) is 11.6. The molecule has 1 aliphatic carbocycles. The number of aryl methyl sites for hydroxylation is 2. The lowest BCUT2D eigenvalue weighted by atomic mass is 9.96. The van der Waals surface area contributed by atoms with Crippen LogP contribution >= 0.6 is 0 Å². The summed E-state index contributed by atoms with van der Waals surface area (Å²) in [5.74, 6) is -5.49. The second kappa shape index (κ2) is 12.4. The van der Waals surface area contributed by atoms with Crippen LogP contribution in [0.4, 0.5) is 19.0 Å². The molecule has 1 aromatic carbocycles. The van der Waals surface area contributed by atoms with Gasteiger partial charge in [0.15, 0.2) is 17.3 Å². The van der Waals surface area contributed by atoms with Gasteiger partial charge in [0.05, 0.1) is 13.7 Å². The van der Waals surface area contributed by atoms with Crippen LogP contribution in [0.5, 0.6) is 5.75 Å². The number of carboxylic acid groups (broad SMARTS) is 1. The van der Waals surface area contributed by atoms with Crippen LogP contribution in [0, 0.1) is 11.7 Å². The van der Waals surface area contributed by atoms with Crippen molar-refractivity contribution < 1.29 is 32.4 Å². The largest absolute Gasteiger partial charge is 0.493 e. The molecule has 7 nitrogen and oxygen atoms in total. The molecule has 222 valence electrons. The molecule has 1 unspecified atom stereocenters. The standard InChI is InChI=1S/C31H39F3N4O3/c1-37(15-5-3-4-8-23-12-9-20-7-6-14-35-29(20)36-23)24-13-16-38(19-24)27(30(39)40)25-17-22(18-26(32)28(25)41-2)31(33,34)21-10-11-21/h9,12,17-18,21,27H,3-8,10-11,13-16,19H2,1-2H3,(H-,35,36,39,40)/p+1. The third kappa shape index (κ3) is 6.52. The number of carbonyl (C=O) groups is 1. The van der Waals surface area contributed by atoms with Crippen LogP contribution in [0.3, 0.4) is 0 Å². The number of likely N-dealkylation sites (tertiary alicyclic amines) is 1. The fraction of sp³-hybridized carbons (Fsp3) is 0.581. The summed E-state index contributed by atoms with van der Waals surface area (Å²) in [6, 6.07) is 4.94. The Morgan fingerprint density at radius 3 is 2.78 bits per heavy atom. The number of nitrogens with zero attached hydrogens (tertiary/aromatic N) is 3. The lowest BCUT2D eigenvalue weighted by Gasteiger charge is -2.26. The summed E-state index contributed by atoms with van der Waals surface area (Å²) >= 11 is 0. The smallest absolute Gasteiger partial charge is 0.325 e. The SMILES string of the molecule is COc1c(F)cc(C(F)(F)C2CC2)cc1C(C(=O)O)N1CCC(=[N+](C)CCCCCc2ccc3c(n2)NCCC3)C1. The van der Waals surface area contributed by atoms with Crippen LogP contribution in [0.25, 0.3) is 0 Å². The number of rotatable bonds is 12. The van der Waals surface area contributed by atoms with Gasteiger partial charge in [-0.1, -0.05) is 6.07 Å². The van der Waals surface area contributed by atoms with Gasteiger partial charge in [-0.15, -0.1) is 0 Å². The van der Waals surface area contributed by atoms with E-state index in [1.54, 1.807) is 4.90 Å². The van der Waals surface area contributed by atoms with E-state index in [1.165, 1.54) is 12.7 Å². The first-order valence-electron chi connectivity index (χ1n) is 14.7. The predicted molar refractivity (Wildman–Crippen MR) is 151 cm³/mol. The van der Waals surface area contributed by atoms with Crippen molar-refractivity contribution in [1.82, 2.24) is 9.88 Å². The Morgan fingerprint density at radius 2 is 2.05 bits per heavy atom. The average molecular weight is 574 g/mol. The zero-order valence-corrected chi connectivity index (χ0v) is 23.9. The van der Waals surface area contributed by atoms with Gasteiger partial charge < -0.3 is 15.2 Å². The maximum atomic E-state index is 14.9. The number of halogens is 3. The van der Waals surface area contributed by atoms with E-state index in [0.29, 0.717) is 32.4 Å². The van der Waals surface area contributed by atoms with E-state index in [1.807, 2.05) is 7.05 Å². The molecular weight excluding hydrogens is 533 g/mol. The highest BCUT2D eigenvalue weighted by atomic mass is 19.3. The number of nitrogens with one attached hydrogen (secondary N) is 1. The normalized spacial score (nSPS) is 19.4. The van der Waals surface area contributed by atoms with E-state index in [4.69, 9.17) is 9.72 Å². The maximum absolute atomic E-state index is 14.9. The van der Waals surface area contributed by atoms with Crippen LogP contribution in [0.1, 0.15) is 73.4 Å². The van der Waals surface area contributed by atoms with Crippen LogP contribution in [-0.4, -0.2) is 71.6 Å². The summed E-state index contributed by atoms with van der Waals surface area (Å²) in [7, 11) is 3.23. The number of aromatic nitrogens is 1. The fourth-order valence-corrected chi connectivity index (χ4v) is 6.09. The second-order valence-electron chi connectivity index (χ2n) is 11.6. The summed E-state index contributed by atoms with van der Waals surface area (Å²) in [6.07, 6.45) is 7.64. The van der Waals surface area contributed by atoms with Crippen LogP contribution in [0.15, 0.2) is 24.3 Å². The fourth-order valence-electron chi connectivity index (χ4n) is 6.09. The van der Waals surface area contributed by atoms with Crippen LogP contribution in [0.2, 0.25) is 0 Å². The third-order valence-corrected chi connectivity index (χ3v) is 8.64. The van der Waals surface area contributed by atoms with Crippen molar-refractivity contribution in [3.63, 3.8) is 0 Å². The monoisotopic (exact) mass is 573 g/mol. The Labute approximate surface area is 239 Å². The van der Waals surface area contributed by atoms with E-state index in [9.17, 15) is 23.1 Å². The minimum atomic E-state index is -3.21. The van der Waals surface area contributed by atoms with Gasteiger partial charge in [0.2, 0.25) is 0 Å². The van der Waals surface area contributed by atoms with Crippen LogP contribution in [-0.2, 0) is 23.6 Å². The topological polar surface area (TPSA) is 77.7 Å². The summed E-state index contributed by atoms with van der Waals surface area (Å²) in [6.45, 7) is 2.61. The molecule has 1 saturated heterocycles. The van der Waals surface area contributed by atoms with Crippen molar-refractivity contribution in [2.75, 3.05) is 45.7 Å². The molecule has 1 atom stereocenters. The van der Waals surface area contributed by atoms with Gasteiger partial charge in [-0.3, -0.25) is 9.69 Å². The highest BCUT2D eigenvalue weighted by Gasteiger charge is 2.49. The Balaban J connectivity index is 1.21. The Morgan fingerprint density at radius 1 is 1.24 bits per heavy atom.